The minimum Gasteiger partial charge on any atom is -0.367 e. The molecule has 0 amide bonds. The lowest BCUT2D eigenvalue weighted by Crippen LogP contribution is -2.01. The molecule has 0 bridgehead atoms. The van der Waals surface area contributed by atoms with Crippen LogP contribution in [-0.4, -0.2) is 15.3 Å². The molecule has 90 valence electrons. The lowest BCUT2D eigenvalue weighted by Gasteiger charge is -2.04. The zero-order valence-electron chi connectivity index (χ0n) is 9.20. The molecule has 0 aliphatic carbocycles. The minimum absolute atomic E-state index is 0.356. The van der Waals surface area contributed by atoms with Crippen LogP contribution in [0.25, 0.3) is 11.3 Å². The molecule has 2 aromatic rings. The van der Waals surface area contributed by atoms with Gasteiger partial charge in [-0.25, -0.2) is 4.39 Å². The lowest BCUT2D eigenvalue weighted by atomic mass is 10.1. The Morgan fingerprint density at radius 1 is 1.35 bits per heavy atom. The van der Waals surface area contributed by atoms with Gasteiger partial charge in [-0.05, 0) is 24.6 Å². The third kappa shape index (κ3) is 2.92. The molecule has 0 unspecified atom stereocenters. The molecule has 1 heterocycles. The predicted molar refractivity (Wildman–Crippen MR) is 69.1 cm³/mol. The Morgan fingerprint density at radius 2 is 2.18 bits per heavy atom. The number of benzene rings is 1. The summed E-state index contributed by atoms with van der Waals surface area (Å²) in [5.41, 5.74) is 1.28. The largest absolute Gasteiger partial charge is 0.367 e. The summed E-state index contributed by atoms with van der Waals surface area (Å²) in [6, 6.07) is 4.35. The fourth-order valence-corrected chi connectivity index (χ4v) is 2.20. The number of anilines is 1. The van der Waals surface area contributed by atoms with Crippen LogP contribution in [0.3, 0.4) is 0 Å². The number of halogens is 2. The molecule has 0 radical (unpaired) electrons. The van der Waals surface area contributed by atoms with Crippen molar-refractivity contribution in [1.82, 2.24) is 8.75 Å². The Hall–Kier alpha value is -1.20. The van der Waals surface area contributed by atoms with Gasteiger partial charge in [0.05, 0.1) is 11.7 Å². The van der Waals surface area contributed by atoms with Crippen LogP contribution in [0.5, 0.6) is 0 Å². The van der Waals surface area contributed by atoms with E-state index in [9.17, 15) is 4.39 Å². The van der Waals surface area contributed by atoms with Crippen molar-refractivity contribution < 1.29 is 4.39 Å². The highest BCUT2D eigenvalue weighted by molar-refractivity contribution is 6.99. The van der Waals surface area contributed by atoms with Gasteiger partial charge in [0, 0.05) is 17.1 Å². The molecular formula is C11H11ClFN3S. The molecule has 0 saturated carbocycles. The quantitative estimate of drug-likeness (QED) is 0.919. The maximum atomic E-state index is 13.3. The average Bonchev–Trinajstić information content (AvgIpc) is 2.73. The highest BCUT2D eigenvalue weighted by Crippen LogP contribution is 2.28. The summed E-state index contributed by atoms with van der Waals surface area (Å²) in [6.45, 7) is 2.87. The zero-order chi connectivity index (χ0) is 12.3. The lowest BCUT2D eigenvalue weighted by molar-refractivity contribution is 0.628. The molecule has 0 fully saturated rings. The highest BCUT2D eigenvalue weighted by atomic mass is 35.5. The summed E-state index contributed by atoms with van der Waals surface area (Å²) in [4.78, 5) is 0. The number of aromatic nitrogens is 2. The van der Waals surface area contributed by atoms with Gasteiger partial charge in [0.25, 0.3) is 0 Å². The minimum atomic E-state index is -0.373. The maximum absolute atomic E-state index is 13.3. The number of hydrogen-bond acceptors (Lipinski definition) is 4. The van der Waals surface area contributed by atoms with Crippen LogP contribution in [0.1, 0.15) is 13.3 Å². The van der Waals surface area contributed by atoms with E-state index in [1.807, 2.05) is 0 Å². The Morgan fingerprint density at radius 3 is 2.88 bits per heavy atom. The van der Waals surface area contributed by atoms with Gasteiger partial charge in [-0.1, -0.05) is 18.5 Å². The first-order chi connectivity index (χ1) is 8.20. The molecule has 17 heavy (non-hydrogen) atoms. The number of nitrogens with one attached hydrogen (secondary N) is 1. The van der Waals surface area contributed by atoms with Crippen LogP contribution in [0.2, 0.25) is 5.02 Å². The van der Waals surface area contributed by atoms with Crippen LogP contribution in [0, 0.1) is 5.82 Å². The summed E-state index contributed by atoms with van der Waals surface area (Å²) in [7, 11) is 0. The van der Waals surface area contributed by atoms with Gasteiger partial charge in [-0.2, -0.15) is 8.75 Å². The molecule has 0 spiro atoms. The molecule has 0 saturated heterocycles. The third-order valence-corrected chi connectivity index (χ3v) is 2.91. The van der Waals surface area contributed by atoms with E-state index in [1.165, 1.54) is 12.1 Å². The first-order valence-electron chi connectivity index (χ1n) is 5.23. The molecule has 0 aliphatic heterocycles. The van der Waals surface area contributed by atoms with E-state index < -0.39 is 0 Å². The van der Waals surface area contributed by atoms with E-state index in [2.05, 4.69) is 21.0 Å². The van der Waals surface area contributed by atoms with Gasteiger partial charge in [0.15, 0.2) is 5.82 Å². The van der Waals surface area contributed by atoms with Gasteiger partial charge in [-0.15, -0.1) is 0 Å². The molecule has 0 aliphatic rings. The Bertz CT molecular complexity index is 495. The second kappa shape index (κ2) is 5.42. The summed E-state index contributed by atoms with van der Waals surface area (Å²) in [5.74, 6) is 0.306. The average molecular weight is 272 g/mol. The van der Waals surface area contributed by atoms with Crippen molar-refractivity contribution in [3.05, 3.63) is 29.0 Å². The third-order valence-electron chi connectivity index (χ3n) is 2.17. The SMILES string of the molecule is CCCNc1nsnc1-c1cc(F)cc(Cl)c1. The van der Waals surface area contributed by atoms with Crippen molar-refractivity contribution in [3.63, 3.8) is 0 Å². The molecule has 1 N–H and O–H groups in total. The van der Waals surface area contributed by atoms with Crippen LogP contribution in [-0.2, 0) is 0 Å². The van der Waals surface area contributed by atoms with Crippen molar-refractivity contribution >= 4 is 29.1 Å². The van der Waals surface area contributed by atoms with Gasteiger partial charge in [-0.3, -0.25) is 0 Å². The Kier molecular flexibility index (Phi) is 3.91. The van der Waals surface area contributed by atoms with Crippen LogP contribution >= 0.6 is 23.3 Å². The molecule has 1 aromatic carbocycles. The predicted octanol–water partition coefficient (Wildman–Crippen LogP) is 3.82. The normalized spacial score (nSPS) is 10.5. The summed E-state index contributed by atoms with van der Waals surface area (Å²) in [6.07, 6.45) is 0.987. The Labute approximate surface area is 108 Å². The topological polar surface area (TPSA) is 37.8 Å². The van der Waals surface area contributed by atoms with Crippen molar-refractivity contribution in [2.45, 2.75) is 13.3 Å². The van der Waals surface area contributed by atoms with E-state index >= 15 is 0 Å². The number of rotatable bonds is 4. The summed E-state index contributed by atoms with van der Waals surface area (Å²) < 4.78 is 21.6. The van der Waals surface area contributed by atoms with Crippen LogP contribution < -0.4 is 5.32 Å². The molecule has 1 aromatic heterocycles. The van der Waals surface area contributed by atoms with Crippen molar-refractivity contribution in [1.29, 1.82) is 0 Å². The Balaban J connectivity index is 2.35. The summed E-state index contributed by atoms with van der Waals surface area (Å²) in [5, 5.41) is 3.51. The van der Waals surface area contributed by atoms with Crippen molar-refractivity contribution in [3.8, 4) is 11.3 Å². The van der Waals surface area contributed by atoms with E-state index in [0.29, 0.717) is 22.1 Å². The fourth-order valence-electron chi connectivity index (χ4n) is 1.43. The molecule has 0 atom stereocenters. The van der Waals surface area contributed by atoms with Gasteiger partial charge >= 0.3 is 0 Å². The van der Waals surface area contributed by atoms with E-state index in [4.69, 9.17) is 11.6 Å². The van der Waals surface area contributed by atoms with E-state index in [1.54, 1.807) is 6.07 Å². The van der Waals surface area contributed by atoms with Crippen molar-refractivity contribution in [2.24, 2.45) is 0 Å². The number of nitrogens with zero attached hydrogens (tertiary/aromatic N) is 2. The molecule has 2 rings (SSSR count). The molecule has 3 nitrogen and oxygen atoms in total. The van der Waals surface area contributed by atoms with Gasteiger partial charge in [0.2, 0.25) is 0 Å². The van der Waals surface area contributed by atoms with E-state index in [0.717, 1.165) is 24.7 Å². The first kappa shape index (κ1) is 12.3. The van der Waals surface area contributed by atoms with Gasteiger partial charge in [0.1, 0.15) is 11.5 Å². The highest BCUT2D eigenvalue weighted by Gasteiger charge is 2.11. The fraction of sp³-hybridized carbons (Fsp3) is 0.273. The molecular weight excluding hydrogens is 261 g/mol. The second-order valence-corrected chi connectivity index (χ2v) is 4.51. The monoisotopic (exact) mass is 271 g/mol. The van der Waals surface area contributed by atoms with Gasteiger partial charge < -0.3 is 5.32 Å². The van der Waals surface area contributed by atoms with Crippen LogP contribution in [0.15, 0.2) is 18.2 Å². The standard InChI is InChI=1S/C11H11ClFN3S/c1-2-3-14-11-10(15-17-16-11)7-4-8(12)6-9(13)5-7/h4-6H,2-3H2,1H3,(H,14,16). The zero-order valence-corrected chi connectivity index (χ0v) is 10.8. The first-order valence-corrected chi connectivity index (χ1v) is 6.34. The smallest absolute Gasteiger partial charge is 0.168 e. The number of hydrogen-bond donors (Lipinski definition) is 1. The second-order valence-electron chi connectivity index (χ2n) is 3.55. The summed E-state index contributed by atoms with van der Waals surface area (Å²) >= 11 is 6.91. The molecule has 6 heteroatoms. The van der Waals surface area contributed by atoms with E-state index in [-0.39, 0.29) is 5.82 Å². The van der Waals surface area contributed by atoms with Crippen LogP contribution in [0.4, 0.5) is 10.2 Å². The maximum Gasteiger partial charge on any atom is 0.168 e. The van der Waals surface area contributed by atoms with Crippen molar-refractivity contribution in [2.75, 3.05) is 11.9 Å².